The van der Waals surface area contributed by atoms with E-state index in [9.17, 15) is 9.59 Å². The maximum absolute atomic E-state index is 13.4. The van der Waals surface area contributed by atoms with E-state index in [0.717, 1.165) is 27.8 Å². The molecule has 0 aromatic heterocycles. The third-order valence-corrected chi connectivity index (χ3v) is 5.52. The molecular weight excluding hydrogens is 328 g/mol. The van der Waals surface area contributed by atoms with Gasteiger partial charge in [0.1, 0.15) is 0 Å². The van der Waals surface area contributed by atoms with Crippen LogP contribution in [0.15, 0.2) is 46.6 Å². The number of Topliss-reactive ketones (excluding diaryl/α,β-unsaturated/α-hetero) is 1. The van der Waals surface area contributed by atoms with E-state index < -0.39 is 11.5 Å². The Morgan fingerprint density at radius 1 is 1.23 bits per heavy atom. The van der Waals surface area contributed by atoms with Crippen LogP contribution < -0.4 is 0 Å². The molecule has 1 spiro atoms. The Labute approximate surface area is 152 Å². The summed E-state index contributed by atoms with van der Waals surface area (Å²) in [4.78, 5) is 25.7. The predicted molar refractivity (Wildman–Crippen MR) is 96.9 cm³/mol. The molecule has 0 saturated heterocycles. The summed E-state index contributed by atoms with van der Waals surface area (Å²) in [5, 5.41) is 8.69. The monoisotopic (exact) mass is 348 g/mol. The van der Waals surface area contributed by atoms with Crippen molar-refractivity contribution in [3.8, 4) is 0 Å². The standard InChI is InChI=1S/C21H20N2O3/c1-12-7-8-15(20(25)26-3)16(9-12)17-11-22-23-21(17)10-14-6-4-5-13(2)18(14)19(21)24/h4-9,17H,10-11H2,1-3H3/t17-,21+/m1/s1. The zero-order valence-electron chi connectivity index (χ0n) is 15.1. The summed E-state index contributed by atoms with van der Waals surface area (Å²) in [7, 11) is 1.37. The van der Waals surface area contributed by atoms with Gasteiger partial charge in [-0.05, 0) is 36.6 Å². The van der Waals surface area contributed by atoms with Crippen molar-refractivity contribution in [2.75, 3.05) is 13.7 Å². The fourth-order valence-electron chi connectivity index (χ4n) is 4.24. The lowest BCUT2D eigenvalue weighted by Gasteiger charge is -2.27. The van der Waals surface area contributed by atoms with Gasteiger partial charge in [-0.3, -0.25) is 4.79 Å². The van der Waals surface area contributed by atoms with Crippen LogP contribution in [0, 0.1) is 13.8 Å². The molecule has 26 heavy (non-hydrogen) atoms. The number of hydrogen-bond donors (Lipinski definition) is 0. The zero-order chi connectivity index (χ0) is 18.5. The fraction of sp³-hybridized carbons (Fsp3) is 0.333. The molecule has 2 aromatic rings. The van der Waals surface area contributed by atoms with Crippen LogP contribution in [0.5, 0.6) is 0 Å². The molecule has 2 aromatic carbocycles. The Balaban J connectivity index is 1.86. The second-order valence-electron chi connectivity index (χ2n) is 7.10. The highest BCUT2D eigenvalue weighted by atomic mass is 16.5. The highest BCUT2D eigenvalue weighted by Gasteiger charge is 2.55. The first-order chi connectivity index (χ1) is 12.5. The lowest BCUT2D eigenvalue weighted by Crippen LogP contribution is -2.39. The molecule has 1 aliphatic heterocycles. The molecule has 0 amide bonds. The molecule has 5 heteroatoms. The number of ketones is 1. The van der Waals surface area contributed by atoms with Gasteiger partial charge in [-0.2, -0.15) is 10.2 Å². The van der Waals surface area contributed by atoms with Crippen LogP contribution in [0.4, 0.5) is 0 Å². The van der Waals surface area contributed by atoms with E-state index in [1.54, 1.807) is 6.07 Å². The van der Waals surface area contributed by atoms with Crippen molar-refractivity contribution in [2.24, 2.45) is 10.2 Å². The number of esters is 1. The number of azo groups is 1. The second kappa shape index (κ2) is 5.87. The molecule has 2 aliphatic rings. The average Bonchev–Trinajstić information content (AvgIpc) is 3.17. The molecule has 132 valence electrons. The van der Waals surface area contributed by atoms with Crippen LogP contribution in [-0.2, 0) is 11.2 Å². The van der Waals surface area contributed by atoms with Gasteiger partial charge in [0.2, 0.25) is 0 Å². The number of fused-ring (bicyclic) bond motifs is 1. The third-order valence-electron chi connectivity index (χ3n) is 5.52. The van der Waals surface area contributed by atoms with E-state index in [2.05, 4.69) is 10.2 Å². The number of carbonyl (C=O) groups is 2. The van der Waals surface area contributed by atoms with Gasteiger partial charge in [0.05, 0.1) is 19.2 Å². The smallest absolute Gasteiger partial charge is 0.338 e. The van der Waals surface area contributed by atoms with Crippen molar-refractivity contribution < 1.29 is 14.3 Å². The summed E-state index contributed by atoms with van der Waals surface area (Å²) in [6, 6.07) is 11.5. The maximum Gasteiger partial charge on any atom is 0.338 e. The van der Waals surface area contributed by atoms with Crippen LogP contribution in [0.1, 0.15) is 48.9 Å². The van der Waals surface area contributed by atoms with Crippen molar-refractivity contribution in [1.82, 2.24) is 0 Å². The summed E-state index contributed by atoms with van der Waals surface area (Å²) in [5.74, 6) is -0.661. The lowest BCUT2D eigenvalue weighted by molar-refractivity contribution is 0.0597. The van der Waals surface area contributed by atoms with E-state index in [4.69, 9.17) is 4.74 Å². The van der Waals surface area contributed by atoms with E-state index in [1.165, 1.54) is 7.11 Å². The number of hydrogen-bond acceptors (Lipinski definition) is 5. The topological polar surface area (TPSA) is 68.1 Å². The lowest BCUT2D eigenvalue weighted by atomic mass is 9.76. The SMILES string of the molecule is COC(=O)c1ccc(C)cc1[C@H]1CN=N[C@@]12Cc1cccc(C)c1C2=O. The van der Waals surface area contributed by atoms with Crippen LogP contribution in [0.25, 0.3) is 0 Å². The Hall–Kier alpha value is -2.82. The van der Waals surface area contributed by atoms with Crippen LogP contribution in [-0.4, -0.2) is 30.9 Å². The number of ether oxygens (including phenoxy) is 1. The van der Waals surface area contributed by atoms with Crippen LogP contribution >= 0.6 is 0 Å². The van der Waals surface area contributed by atoms with Crippen molar-refractivity contribution >= 4 is 11.8 Å². The first kappa shape index (κ1) is 16.6. The minimum Gasteiger partial charge on any atom is -0.465 e. The first-order valence-electron chi connectivity index (χ1n) is 8.69. The molecule has 0 N–H and O–H groups in total. The van der Waals surface area contributed by atoms with Crippen molar-refractivity contribution in [3.63, 3.8) is 0 Å². The van der Waals surface area contributed by atoms with Crippen LogP contribution in [0.3, 0.4) is 0 Å². The van der Waals surface area contributed by atoms with Crippen molar-refractivity contribution in [3.05, 3.63) is 69.8 Å². The van der Waals surface area contributed by atoms with Crippen molar-refractivity contribution in [1.29, 1.82) is 0 Å². The van der Waals surface area contributed by atoms with Gasteiger partial charge in [0, 0.05) is 17.9 Å². The second-order valence-corrected chi connectivity index (χ2v) is 7.10. The van der Waals surface area contributed by atoms with Gasteiger partial charge in [0.15, 0.2) is 11.3 Å². The molecule has 2 atom stereocenters. The van der Waals surface area contributed by atoms with Gasteiger partial charge in [0.25, 0.3) is 0 Å². The fourth-order valence-corrected chi connectivity index (χ4v) is 4.24. The Kier molecular flexibility index (Phi) is 3.75. The minimum atomic E-state index is -0.953. The number of methoxy groups -OCH3 is 1. The van der Waals surface area contributed by atoms with Gasteiger partial charge >= 0.3 is 5.97 Å². The predicted octanol–water partition coefficient (Wildman–Crippen LogP) is 3.82. The zero-order valence-corrected chi connectivity index (χ0v) is 15.1. The highest BCUT2D eigenvalue weighted by Crippen LogP contribution is 2.48. The number of aryl methyl sites for hydroxylation is 2. The summed E-state index contributed by atoms with van der Waals surface area (Å²) in [5.41, 5.74) is 4.07. The molecule has 5 nitrogen and oxygen atoms in total. The molecule has 0 bridgehead atoms. The first-order valence-corrected chi connectivity index (χ1v) is 8.69. The maximum atomic E-state index is 13.4. The normalized spacial score (nSPS) is 23.5. The molecule has 0 fully saturated rings. The molecule has 0 radical (unpaired) electrons. The Morgan fingerprint density at radius 2 is 2.04 bits per heavy atom. The highest BCUT2D eigenvalue weighted by molar-refractivity contribution is 6.10. The number of carbonyl (C=O) groups excluding carboxylic acids is 2. The molecule has 1 aliphatic carbocycles. The van der Waals surface area contributed by atoms with Gasteiger partial charge in [-0.1, -0.05) is 35.9 Å². The summed E-state index contributed by atoms with van der Waals surface area (Å²) in [6.45, 7) is 4.31. The molecular formula is C21H20N2O3. The van der Waals surface area contributed by atoms with Crippen LogP contribution in [0.2, 0.25) is 0 Å². The van der Waals surface area contributed by atoms with Gasteiger partial charge in [-0.25, -0.2) is 4.79 Å². The van der Waals surface area contributed by atoms with Gasteiger partial charge < -0.3 is 4.74 Å². The molecule has 0 unspecified atom stereocenters. The van der Waals surface area contributed by atoms with Gasteiger partial charge in [-0.15, -0.1) is 0 Å². The van der Waals surface area contributed by atoms with E-state index in [1.807, 2.05) is 44.2 Å². The van der Waals surface area contributed by atoms with E-state index in [-0.39, 0.29) is 11.7 Å². The average molecular weight is 348 g/mol. The Morgan fingerprint density at radius 3 is 2.77 bits per heavy atom. The number of benzene rings is 2. The number of nitrogens with zero attached hydrogens (tertiary/aromatic N) is 2. The quantitative estimate of drug-likeness (QED) is 0.775. The molecule has 1 heterocycles. The molecule has 4 rings (SSSR count). The Bertz CT molecular complexity index is 964. The van der Waals surface area contributed by atoms with Crippen molar-refractivity contribution in [2.45, 2.75) is 31.7 Å². The largest absolute Gasteiger partial charge is 0.465 e. The summed E-state index contributed by atoms with van der Waals surface area (Å²) >= 11 is 0. The molecule has 0 saturated carbocycles. The summed E-state index contributed by atoms with van der Waals surface area (Å²) < 4.78 is 4.95. The third kappa shape index (κ3) is 2.23. The summed E-state index contributed by atoms with van der Waals surface area (Å²) in [6.07, 6.45) is 0.519. The van der Waals surface area contributed by atoms with E-state index >= 15 is 0 Å². The minimum absolute atomic E-state index is 0.00849. The number of rotatable bonds is 2. The van der Waals surface area contributed by atoms with E-state index in [0.29, 0.717) is 18.5 Å².